The first-order valence-corrected chi connectivity index (χ1v) is 10.7. The molecule has 2 aromatic carbocycles. The van der Waals surface area contributed by atoms with Crippen LogP contribution in [0.5, 0.6) is 0 Å². The second kappa shape index (κ2) is 10.2. The maximum absolute atomic E-state index is 12.9. The highest BCUT2D eigenvalue weighted by molar-refractivity contribution is 5.95. The minimum absolute atomic E-state index is 0.00292. The van der Waals surface area contributed by atoms with Gasteiger partial charge in [0.1, 0.15) is 0 Å². The number of likely N-dealkylation sites (N-methyl/N-ethyl adjacent to an activating group) is 1. The van der Waals surface area contributed by atoms with E-state index in [2.05, 4.69) is 5.32 Å². The summed E-state index contributed by atoms with van der Waals surface area (Å²) >= 11 is 0. The Kier molecular flexibility index (Phi) is 7.41. The van der Waals surface area contributed by atoms with Gasteiger partial charge in [-0.3, -0.25) is 14.4 Å². The van der Waals surface area contributed by atoms with Crippen LogP contribution < -0.4 is 10.2 Å². The predicted octanol–water partition coefficient (Wildman–Crippen LogP) is 0.821. The van der Waals surface area contributed by atoms with E-state index in [9.17, 15) is 14.4 Å². The molecule has 1 aliphatic rings. The van der Waals surface area contributed by atoms with Crippen molar-refractivity contribution in [2.24, 2.45) is 0 Å². The summed E-state index contributed by atoms with van der Waals surface area (Å²) in [6, 6.07) is 16.5. The van der Waals surface area contributed by atoms with E-state index in [0.29, 0.717) is 37.4 Å². The number of quaternary nitrogens is 1. The summed E-state index contributed by atoms with van der Waals surface area (Å²) < 4.78 is 0. The van der Waals surface area contributed by atoms with Crippen LogP contribution in [0.4, 0.5) is 5.69 Å². The monoisotopic (exact) mass is 423 g/mol. The van der Waals surface area contributed by atoms with Crippen molar-refractivity contribution >= 4 is 23.4 Å². The largest absolute Gasteiger partial charge is 0.331 e. The molecule has 0 bridgehead atoms. The lowest BCUT2D eigenvalue weighted by Gasteiger charge is -2.35. The summed E-state index contributed by atoms with van der Waals surface area (Å²) in [6.45, 7) is 6.50. The van der Waals surface area contributed by atoms with Crippen LogP contribution in [0.25, 0.3) is 0 Å². The van der Waals surface area contributed by atoms with Crippen molar-refractivity contribution in [3.8, 4) is 0 Å². The van der Waals surface area contributed by atoms with Gasteiger partial charge >= 0.3 is 0 Å². The molecule has 1 heterocycles. The fourth-order valence-corrected chi connectivity index (χ4v) is 3.83. The van der Waals surface area contributed by atoms with Gasteiger partial charge in [0, 0.05) is 18.3 Å². The summed E-state index contributed by atoms with van der Waals surface area (Å²) in [5, 5.41) is 2.82. The summed E-state index contributed by atoms with van der Waals surface area (Å²) in [6.07, 6.45) is 0. The van der Waals surface area contributed by atoms with Crippen LogP contribution in [0.2, 0.25) is 0 Å². The number of aryl methyl sites for hydroxylation is 1. The molecule has 3 rings (SSSR count). The maximum Gasteiger partial charge on any atom is 0.280 e. The van der Waals surface area contributed by atoms with Crippen molar-refractivity contribution in [1.82, 2.24) is 9.80 Å². The second-order valence-corrected chi connectivity index (χ2v) is 8.15. The number of nitrogens with one attached hydrogen (secondary N) is 2. The molecular formula is C24H31N4O3+. The van der Waals surface area contributed by atoms with Gasteiger partial charge in [-0.15, -0.1) is 0 Å². The van der Waals surface area contributed by atoms with Gasteiger partial charge in [-0.05, 0) is 38.1 Å². The summed E-state index contributed by atoms with van der Waals surface area (Å²) in [5.74, 6) is -0.263. The fourth-order valence-electron chi connectivity index (χ4n) is 3.83. The van der Waals surface area contributed by atoms with Crippen LogP contribution in [0.15, 0.2) is 54.6 Å². The SMILES string of the molecule is Cc1ccc(NC(=O)CN(C)C(=O)[C@H](C)[NH+]2CCN(C(=O)c3ccccc3)CC2)cc1. The van der Waals surface area contributed by atoms with E-state index in [1.807, 2.05) is 73.3 Å². The van der Waals surface area contributed by atoms with Gasteiger partial charge in [0.05, 0.1) is 32.7 Å². The molecule has 1 aliphatic heterocycles. The van der Waals surface area contributed by atoms with E-state index in [1.165, 1.54) is 4.90 Å². The van der Waals surface area contributed by atoms with Gasteiger partial charge in [-0.1, -0.05) is 35.9 Å². The molecule has 0 aliphatic carbocycles. The maximum atomic E-state index is 12.9. The number of anilines is 1. The number of benzene rings is 2. The molecule has 1 atom stereocenters. The highest BCUT2D eigenvalue weighted by atomic mass is 16.2. The molecule has 0 spiro atoms. The van der Waals surface area contributed by atoms with E-state index in [0.717, 1.165) is 10.5 Å². The van der Waals surface area contributed by atoms with Gasteiger partial charge in [0.2, 0.25) is 5.91 Å². The number of rotatable bonds is 6. The van der Waals surface area contributed by atoms with Crippen molar-refractivity contribution in [3.63, 3.8) is 0 Å². The van der Waals surface area contributed by atoms with Crippen molar-refractivity contribution in [2.45, 2.75) is 19.9 Å². The number of amides is 3. The Morgan fingerprint density at radius 2 is 1.65 bits per heavy atom. The van der Waals surface area contributed by atoms with E-state index >= 15 is 0 Å². The van der Waals surface area contributed by atoms with Crippen LogP contribution in [-0.4, -0.2) is 73.3 Å². The summed E-state index contributed by atoms with van der Waals surface area (Å²) in [5.41, 5.74) is 2.52. The molecule has 7 heteroatoms. The molecular weight excluding hydrogens is 392 g/mol. The van der Waals surface area contributed by atoms with Crippen LogP contribution in [0, 0.1) is 6.92 Å². The summed E-state index contributed by atoms with van der Waals surface area (Å²) in [7, 11) is 1.65. The van der Waals surface area contributed by atoms with Gasteiger partial charge in [-0.25, -0.2) is 0 Å². The molecule has 0 radical (unpaired) electrons. The fraction of sp³-hybridized carbons (Fsp3) is 0.375. The first-order valence-electron chi connectivity index (χ1n) is 10.7. The molecule has 1 saturated heterocycles. The Hall–Kier alpha value is -3.19. The topological polar surface area (TPSA) is 74.2 Å². The summed E-state index contributed by atoms with van der Waals surface area (Å²) in [4.78, 5) is 42.2. The third-order valence-corrected chi connectivity index (χ3v) is 5.79. The van der Waals surface area contributed by atoms with E-state index in [1.54, 1.807) is 7.05 Å². The molecule has 1 fully saturated rings. The first-order chi connectivity index (χ1) is 14.8. The molecule has 31 heavy (non-hydrogen) atoms. The zero-order chi connectivity index (χ0) is 22.4. The van der Waals surface area contributed by atoms with Gasteiger partial charge < -0.3 is 20.0 Å². The van der Waals surface area contributed by atoms with Crippen LogP contribution in [0.1, 0.15) is 22.8 Å². The van der Waals surface area contributed by atoms with E-state index < -0.39 is 0 Å². The minimum atomic E-state index is -0.272. The predicted molar refractivity (Wildman–Crippen MR) is 120 cm³/mol. The van der Waals surface area contributed by atoms with E-state index in [4.69, 9.17) is 0 Å². The van der Waals surface area contributed by atoms with Crippen molar-refractivity contribution in [1.29, 1.82) is 0 Å². The van der Waals surface area contributed by atoms with Crippen LogP contribution in [-0.2, 0) is 9.59 Å². The first kappa shape index (κ1) is 22.5. The zero-order valence-electron chi connectivity index (χ0n) is 18.4. The number of carbonyl (C=O) groups excluding carboxylic acids is 3. The number of piperazine rings is 1. The third kappa shape index (κ3) is 5.92. The smallest absolute Gasteiger partial charge is 0.280 e. The number of nitrogens with zero attached hydrogens (tertiary/aromatic N) is 2. The van der Waals surface area contributed by atoms with E-state index in [-0.39, 0.29) is 30.3 Å². The van der Waals surface area contributed by atoms with Gasteiger partial charge in [0.15, 0.2) is 6.04 Å². The molecule has 3 amide bonds. The van der Waals surface area contributed by atoms with Gasteiger partial charge in [-0.2, -0.15) is 0 Å². The average molecular weight is 424 g/mol. The van der Waals surface area contributed by atoms with Crippen molar-refractivity contribution in [2.75, 3.05) is 45.1 Å². The number of hydrogen-bond donors (Lipinski definition) is 2. The zero-order valence-corrected chi connectivity index (χ0v) is 18.4. The lowest BCUT2D eigenvalue weighted by molar-refractivity contribution is -0.918. The minimum Gasteiger partial charge on any atom is -0.331 e. The Balaban J connectivity index is 1.47. The Morgan fingerprint density at radius 1 is 1.03 bits per heavy atom. The number of hydrogen-bond acceptors (Lipinski definition) is 3. The molecule has 0 unspecified atom stereocenters. The molecule has 0 aromatic heterocycles. The Labute approximate surface area is 183 Å². The molecule has 7 nitrogen and oxygen atoms in total. The van der Waals surface area contributed by atoms with Crippen LogP contribution in [0.3, 0.4) is 0 Å². The third-order valence-electron chi connectivity index (χ3n) is 5.79. The normalized spacial score (nSPS) is 15.3. The molecule has 0 saturated carbocycles. The van der Waals surface area contributed by atoms with Crippen molar-refractivity contribution < 1.29 is 19.3 Å². The quantitative estimate of drug-likeness (QED) is 0.723. The molecule has 2 aromatic rings. The Bertz CT molecular complexity index is 906. The lowest BCUT2D eigenvalue weighted by Crippen LogP contribution is -3.19. The highest BCUT2D eigenvalue weighted by Gasteiger charge is 2.33. The lowest BCUT2D eigenvalue weighted by atomic mass is 10.1. The Morgan fingerprint density at radius 3 is 2.26 bits per heavy atom. The standard InChI is InChI=1S/C24H30N4O3/c1-18-9-11-21(12-10-18)25-22(29)17-26(3)23(30)19(2)27-13-15-28(16-14-27)24(31)20-7-5-4-6-8-20/h4-12,19H,13-17H2,1-3H3,(H,25,29)/p+1/t19-/m0/s1. The number of carbonyl (C=O) groups is 3. The highest BCUT2D eigenvalue weighted by Crippen LogP contribution is 2.09. The van der Waals surface area contributed by atoms with Crippen LogP contribution >= 0.6 is 0 Å². The second-order valence-electron chi connectivity index (χ2n) is 8.15. The average Bonchev–Trinajstić information content (AvgIpc) is 2.79. The molecule has 164 valence electrons. The van der Waals surface area contributed by atoms with Crippen molar-refractivity contribution in [3.05, 3.63) is 65.7 Å². The van der Waals surface area contributed by atoms with Gasteiger partial charge in [0.25, 0.3) is 11.8 Å². The molecule has 2 N–H and O–H groups in total.